The second-order valence-electron chi connectivity index (χ2n) is 5.80. The van der Waals surface area contributed by atoms with Crippen LogP contribution in [0.15, 0.2) is 46.3 Å². The molecule has 0 spiro atoms. The minimum atomic E-state index is -0.216. The quantitative estimate of drug-likeness (QED) is 0.346. The van der Waals surface area contributed by atoms with E-state index in [1.165, 1.54) is 11.8 Å². The fourth-order valence-electron chi connectivity index (χ4n) is 2.55. The van der Waals surface area contributed by atoms with Crippen LogP contribution in [0, 0.1) is 6.92 Å². The number of nitrogens with one attached hydrogen (secondary N) is 1. The van der Waals surface area contributed by atoms with Gasteiger partial charge in [0.2, 0.25) is 0 Å². The minimum absolute atomic E-state index is 0.216. The average molecular weight is 460 g/mol. The molecular weight excluding hydrogens is 446 g/mol. The summed E-state index contributed by atoms with van der Waals surface area (Å²) in [6.07, 6.45) is 0.313. The third-order valence-corrected chi connectivity index (χ3v) is 6.35. The molecule has 0 bridgehead atoms. The lowest BCUT2D eigenvalue weighted by Crippen LogP contribution is -2.18. The molecule has 0 unspecified atom stereocenters. The highest BCUT2D eigenvalue weighted by molar-refractivity contribution is 7.98. The van der Waals surface area contributed by atoms with Crippen LogP contribution in [0.2, 0.25) is 20.1 Å². The number of hydrogen-bond acceptors (Lipinski definition) is 3. The molecule has 0 saturated carbocycles. The Hall–Kier alpha value is -1.17. The zero-order valence-electron chi connectivity index (χ0n) is 14.2. The van der Waals surface area contributed by atoms with Crippen LogP contribution < -0.4 is 5.56 Å². The summed E-state index contributed by atoms with van der Waals surface area (Å²) >= 11 is 26.2. The van der Waals surface area contributed by atoms with Crippen molar-refractivity contribution in [2.75, 3.05) is 0 Å². The van der Waals surface area contributed by atoms with E-state index in [1.54, 1.807) is 43.3 Å². The van der Waals surface area contributed by atoms with Crippen molar-refractivity contribution in [3.05, 3.63) is 89.2 Å². The van der Waals surface area contributed by atoms with Crippen molar-refractivity contribution in [3.8, 4) is 0 Å². The van der Waals surface area contributed by atoms with Gasteiger partial charge in [-0.05, 0) is 42.3 Å². The first kappa shape index (κ1) is 20.6. The van der Waals surface area contributed by atoms with Gasteiger partial charge in [0.05, 0.1) is 0 Å². The molecule has 2 aromatic carbocycles. The predicted octanol–water partition coefficient (Wildman–Crippen LogP) is 6.58. The molecule has 0 radical (unpaired) electrons. The summed E-state index contributed by atoms with van der Waals surface area (Å²) in [6.45, 7) is 1.79. The molecule has 0 aliphatic carbocycles. The van der Waals surface area contributed by atoms with Crippen molar-refractivity contribution >= 4 is 58.2 Å². The molecule has 3 nitrogen and oxygen atoms in total. The Morgan fingerprint density at radius 1 is 0.889 bits per heavy atom. The van der Waals surface area contributed by atoms with E-state index in [1.807, 2.05) is 0 Å². The van der Waals surface area contributed by atoms with Crippen LogP contribution in [-0.4, -0.2) is 9.97 Å². The zero-order chi connectivity index (χ0) is 19.6. The summed E-state index contributed by atoms with van der Waals surface area (Å²) in [6, 6.07) is 10.6. The molecule has 1 aromatic heterocycles. The van der Waals surface area contributed by atoms with Crippen LogP contribution in [0.3, 0.4) is 0 Å². The van der Waals surface area contributed by atoms with Crippen LogP contribution in [0.1, 0.15) is 22.4 Å². The van der Waals surface area contributed by atoms with Crippen LogP contribution in [-0.2, 0) is 12.2 Å². The van der Waals surface area contributed by atoms with Crippen molar-refractivity contribution in [1.29, 1.82) is 0 Å². The number of halogens is 4. The van der Waals surface area contributed by atoms with E-state index >= 15 is 0 Å². The number of hydrogen-bond donors (Lipinski definition) is 1. The monoisotopic (exact) mass is 458 g/mol. The number of benzene rings is 2. The zero-order valence-corrected chi connectivity index (χ0v) is 18.0. The molecule has 0 atom stereocenters. The van der Waals surface area contributed by atoms with Gasteiger partial charge in [0, 0.05) is 43.5 Å². The number of nitrogens with zero attached hydrogens (tertiary/aromatic N) is 1. The lowest BCUT2D eigenvalue weighted by molar-refractivity contribution is 0.866. The van der Waals surface area contributed by atoms with Gasteiger partial charge in [-0.3, -0.25) is 4.79 Å². The second-order valence-corrected chi connectivity index (χ2v) is 8.39. The molecule has 0 aliphatic rings. The standard InChI is InChI=1S/C19H14Cl4N2OS/c1-10-11(8-12-14(20)4-2-5-15(12)21)18(26)25-19(24-10)27-9-13-16(22)6-3-7-17(13)23/h2-7H,8-9H2,1H3,(H,24,25,26). The van der Waals surface area contributed by atoms with Gasteiger partial charge in [-0.2, -0.15) is 0 Å². The highest BCUT2D eigenvalue weighted by atomic mass is 35.5. The molecule has 1 heterocycles. The Kier molecular flexibility index (Phi) is 6.77. The highest BCUT2D eigenvalue weighted by Crippen LogP contribution is 2.31. The molecule has 1 N–H and O–H groups in total. The molecule has 27 heavy (non-hydrogen) atoms. The van der Waals surface area contributed by atoms with E-state index in [0.717, 1.165) is 5.56 Å². The first-order chi connectivity index (χ1) is 12.9. The van der Waals surface area contributed by atoms with Gasteiger partial charge in [-0.25, -0.2) is 4.98 Å². The first-order valence-corrected chi connectivity index (χ1v) is 10.4. The van der Waals surface area contributed by atoms with E-state index in [0.29, 0.717) is 54.2 Å². The van der Waals surface area contributed by atoms with Crippen molar-refractivity contribution in [3.63, 3.8) is 0 Å². The second kappa shape index (κ2) is 8.89. The highest BCUT2D eigenvalue weighted by Gasteiger charge is 2.14. The molecule has 0 aliphatic heterocycles. The lowest BCUT2D eigenvalue weighted by Gasteiger charge is -2.10. The SMILES string of the molecule is Cc1nc(SCc2c(Cl)cccc2Cl)[nH]c(=O)c1Cc1c(Cl)cccc1Cl. The summed E-state index contributed by atoms with van der Waals surface area (Å²) in [4.78, 5) is 19.9. The largest absolute Gasteiger partial charge is 0.301 e. The number of aromatic amines is 1. The normalized spacial score (nSPS) is 11.0. The van der Waals surface area contributed by atoms with Gasteiger partial charge in [-0.15, -0.1) is 0 Å². The Morgan fingerprint density at radius 3 is 1.93 bits per heavy atom. The Morgan fingerprint density at radius 2 is 1.41 bits per heavy atom. The average Bonchev–Trinajstić information content (AvgIpc) is 2.60. The summed E-state index contributed by atoms with van der Waals surface area (Å²) < 4.78 is 0. The molecule has 0 fully saturated rings. The van der Waals surface area contributed by atoms with Crippen molar-refractivity contribution < 1.29 is 0 Å². The number of H-pyrrole nitrogens is 1. The maximum Gasteiger partial charge on any atom is 0.255 e. The predicted molar refractivity (Wildman–Crippen MR) is 115 cm³/mol. The van der Waals surface area contributed by atoms with Gasteiger partial charge in [0.1, 0.15) is 0 Å². The van der Waals surface area contributed by atoms with Crippen LogP contribution in [0.5, 0.6) is 0 Å². The number of thioether (sulfide) groups is 1. The molecule has 3 rings (SSSR count). The maximum atomic E-state index is 12.6. The maximum absolute atomic E-state index is 12.6. The fourth-order valence-corrected chi connectivity index (χ4v) is 4.73. The third kappa shape index (κ3) is 4.82. The van der Waals surface area contributed by atoms with Crippen LogP contribution >= 0.6 is 58.2 Å². The molecule has 3 aromatic rings. The summed E-state index contributed by atoms with van der Waals surface area (Å²) in [7, 11) is 0. The van der Waals surface area contributed by atoms with E-state index < -0.39 is 0 Å². The molecule has 0 saturated heterocycles. The molecule has 0 amide bonds. The summed E-state index contributed by atoms with van der Waals surface area (Å²) in [5.41, 5.74) is 2.46. The number of aryl methyl sites for hydroxylation is 1. The first-order valence-electron chi connectivity index (χ1n) is 7.95. The number of rotatable bonds is 5. The van der Waals surface area contributed by atoms with Gasteiger partial charge in [0.25, 0.3) is 5.56 Å². The van der Waals surface area contributed by atoms with Crippen molar-refractivity contribution in [1.82, 2.24) is 9.97 Å². The Bertz CT molecular complexity index is 1010. The van der Waals surface area contributed by atoms with Gasteiger partial charge >= 0.3 is 0 Å². The smallest absolute Gasteiger partial charge is 0.255 e. The lowest BCUT2D eigenvalue weighted by atomic mass is 10.1. The molecular formula is C19H14Cl4N2OS. The summed E-state index contributed by atoms with van der Waals surface area (Å²) in [5.74, 6) is 0.497. The van der Waals surface area contributed by atoms with E-state index in [2.05, 4.69) is 9.97 Å². The van der Waals surface area contributed by atoms with Gasteiger partial charge < -0.3 is 4.98 Å². The molecule has 140 valence electrons. The van der Waals surface area contributed by atoms with Crippen molar-refractivity contribution in [2.45, 2.75) is 24.3 Å². The van der Waals surface area contributed by atoms with Crippen LogP contribution in [0.25, 0.3) is 0 Å². The van der Waals surface area contributed by atoms with E-state index in [-0.39, 0.29) is 5.56 Å². The van der Waals surface area contributed by atoms with Crippen molar-refractivity contribution in [2.24, 2.45) is 0 Å². The third-order valence-electron chi connectivity index (χ3n) is 4.03. The van der Waals surface area contributed by atoms with Gasteiger partial charge in [0.15, 0.2) is 5.16 Å². The van der Waals surface area contributed by atoms with Crippen LogP contribution in [0.4, 0.5) is 0 Å². The molecule has 8 heteroatoms. The summed E-state index contributed by atoms with van der Waals surface area (Å²) in [5, 5.41) is 2.71. The van der Waals surface area contributed by atoms with E-state index in [9.17, 15) is 4.79 Å². The Labute approximate surface area is 181 Å². The minimum Gasteiger partial charge on any atom is -0.301 e. The number of aromatic nitrogens is 2. The fraction of sp³-hybridized carbons (Fsp3) is 0.158. The van der Waals surface area contributed by atoms with E-state index in [4.69, 9.17) is 46.4 Å². The Balaban J connectivity index is 1.84. The topological polar surface area (TPSA) is 45.8 Å². The van der Waals surface area contributed by atoms with Gasteiger partial charge in [-0.1, -0.05) is 70.3 Å².